The Morgan fingerprint density at radius 2 is 2.00 bits per heavy atom. The highest BCUT2D eigenvalue weighted by Gasteiger charge is 1.95. The van der Waals surface area contributed by atoms with E-state index in [1.54, 1.807) is 13.0 Å². The molecular weight excluding hydrogens is 162 g/mol. The molecular formula is C7H11NO4. The van der Waals surface area contributed by atoms with Crippen LogP contribution in [0.1, 0.15) is 20.3 Å². The summed E-state index contributed by atoms with van der Waals surface area (Å²) in [7, 11) is 0. The first-order valence-electron chi connectivity index (χ1n) is 3.26. The van der Waals surface area contributed by atoms with Crippen molar-refractivity contribution in [3.8, 4) is 6.07 Å². The lowest BCUT2D eigenvalue weighted by Gasteiger charge is -1.92. The predicted octanol–water partition coefficient (Wildman–Crippen LogP) is 0.554. The molecule has 68 valence electrons. The Labute approximate surface area is 70.6 Å². The van der Waals surface area contributed by atoms with Crippen molar-refractivity contribution in [1.82, 2.24) is 0 Å². The van der Waals surface area contributed by atoms with Gasteiger partial charge >= 0.3 is 5.97 Å². The van der Waals surface area contributed by atoms with Crippen LogP contribution < -0.4 is 0 Å². The third kappa shape index (κ3) is 23.7. The van der Waals surface area contributed by atoms with Gasteiger partial charge in [-0.3, -0.25) is 9.59 Å². The van der Waals surface area contributed by atoms with Gasteiger partial charge in [-0.25, -0.2) is 0 Å². The van der Waals surface area contributed by atoms with E-state index in [9.17, 15) is 4.79 Å². The predicted molar refractivity (Wildman–Crippen MR) is 40.2 cm³/mol. The van der Waals surface area contributed by atoms with Gasteiger partial charge in [0.15, 0.2) is 0 Å². The molecule has 0 saturated heterocycles. The molecule has 0 radical (unpaired) electrons. The number of aliphatic carboxylic acids is 1. The van der Waals surface area contributed by atoms with E-state index in [4.69, 9.17) is 15.2 Å². The first-order valence-corrected chi connectivity index (χ1v) is 3.26. The van der Waals surface area contributed by atoms with Crippen LogP contribution in [0.2, 0.25) is 0 Å². The van der Waals surface area contributed by atoms with Gasteiger partial charge in [-0.15, -0.1) is 0 Å². The molecule has 12 heavy (non-hydrogen) atoms. The highest BCUT2D eigenvalue weighted by Crippen LogP contribution is 1.81. The van der Waals surface area contributed by atoms with Gasteiger partial charge in [0.2, 0.25) is 0 Å². The lowest BCUT2D eigenvalue weighted by molar-refractivity contribution is -0.142. The average molecular weight is 173 g/mol. The van der Waals surface area contributed by atoms with E-state index >= 15 is 0 Å². The summed E-state index contributed by atoms with van der Waals surface area (Å²) in [4.78, 5) is 19.2. The Kier molecular flexibility index (Phi) is 10.3. The first-order chi connectivity index (χ1) is 5.54. The largest absolute Gasteiger partial charge is 0.481 e. The topological polar surface area (TPSA) is 87.4 Å². The Bertz CT molecular complexity index is 178. The summed E-state index contributed by atoms with van der Waals surface area (Å²) in [5, 5.41) is 15.3. The molecule has 0 aliphatic heterocycles. The van der Waals surface area contributed by atoms with E-state index < -0.39 is 11.9 Å². The first kappa shape index (κ1) is 13.1. The molecule has 0 spiro atoms. The number of carbonyl (C=O) groups is 2. The van der Waals surface area contributed by atoms with Crippen molar-refractivity contribution in [3.05, 3.63) is 0 Å². The molecule has 0 aliphatic carbocycles. The summed E-state index contributed by atoms with van der Waals surface area (Å²) in [6.07, 6.45) is -0.145. The molecule has 0 heterocycles. The SMILES string of the molecule is CC(=O)O.CCOC(=O)CC#N. The van der Waals surface area contributed by atoms with E-state index in [-0.39, 0.29) is 6.42 Å². The van der Waals surface area contributed by atoms with Gasteiger partial charge < -0.3 is 9.84 Å². The zero-order valence-electron chi connectivity index (χ0n) is 7.03. The van der Waals surface area contributed by atoms with Gasteiger partial charge in [0.1, 0.15) is 6.42 Å². The minimum atomic E-state index is -0.833. The number of carboxylic acid groups (broad SMARTS) is 1. The fourth-order valence-electron chi connectivity index (χ4n) is 0.277. The summed E-state index contributed by atoms with van der Waals surface area (Å²) in [6, 6.07) is 1.68. The number of ether oxygens (including phenoxy) is 1. The van der Waals surface area contributed by atoms with E-state index in [1.807, 2.05) is 0 Å². The number of hydrogen-bond acceptors (Lipinski definition) is 4. The second kappa shape index (κ2) is 9.43. The highest BCUT2D eigenvalue weighted by molar-refractivity contribution is 5.71. The smallest absolute Gasteiger partial charge is 0.320 e. The van der Waals surface area contributed by atoms with Gasteiger partial charge in [-0.1, -0.05) is 0 Å². The van der Waals surface area contributed by atoms with E-state index in [2.05, 4.69) is 4.74 Å². The second-order valence-corrected chi connectivity index (χ2v) is 1.66. The Balaban J connectivity index is 0. The summed E-state index contributed by atoms with van der Waals surface area (Å²) >= 11 is 0. The van der Waals surface area contributed by atoms with Crippen LogP contribution in [0.15, 0.2) is 0 Å². The highest BCUT2D eigenvalue weighted by atomic mass is 16.5. The van der Waals surface area contributed by atoms with Crippen LogP contribution in [-0.4, -0.2) is 23.7 Å². The number of rotatable bonds is 2. The molecule has 0 bridgehead atoms. The molecule has 0 aromatic carbocycles. The maximum absolute atomic E-state index is 10.2. The standard InChI is InChI=1S/C5H7NO2.C2H4O2/c1-2-8-5(7)3-4-6;1-2(3)4/h2-3H2,1H3;1H3,(H,3,4). The fraction of sp³-hybridized carbons (Fsp3) is 0.571. The number of hydrogen-bond donors (Lipinski definition) is 1. The summed E-state index contributed by atoms with van der Waals surface area (Å²) in [6.45, 7) is 3.13. The zero-order chi connectivity index (χ0) is 9.98. The molecule has 0 rings (SSSR count). The Hall–Kier alpha value is -1.57. The second-order valence-electron chi connectivity index (χ2n) is 1.66. The van der Waals surface area contributed by atoms with Crippen molar-refractivity contribution in [2.45, 2.75) is 20.3 Å². The molecule has 0 unspecified atom stereocenters. The van der Waals surface area contributed by atoms with Crippen molar-refractivity contribution >= 4 is 11.9 Å². The molecule has 0 fully saturated rings. The molecule has 5 heteroatoms. The minimum Gasteiger partial charge on any atom is -0.481 e. The Morgan fingerprint density at radius 1 is 1.58 bits per heavy atom. The van der Waals surface area contributed by atoms with Crippen molar-refractivity contribution in [2.75, 3.05) is 6.61 Å². The maximum Gasteiger partial charge on any atom is 0.320 e. The summed E-state index contributed by atoms with van der Waals surface area (Å²) < 4.78 is 4.42. The van der Waals surface area contributed by atoms with Crippen LogP contribution in [0.3, 0.4) is 0 Å². The maximum atomic E-state index is 10.2. The molecule has 5 nitrogen and oxygen atoms in total. The average Bonchev–Trinajstić information content (AvgIpc) is 1.87. The summed E-state index contributed by atoms with van der Waals surface area (Å²) in [5.74, 6) is -1.28. The molecule has 0 aliphatic rings. The zero-order valence-corrected chi connectivity index (χ0v) is 7.03. The Morgan fingerprint density at radius 3 is 2.25 bits per heavy atom. The van der Waals surface area contributed by atoms with Crippen LogP contribution >= 0.6 is 0 Å². The lowest BCUT2D eigenvalue weighted by Crippen LogP contribution is -2.01. The number of carboxylic acids is 1. The van der Waals surface area contributed by atoms with Crippen molar-refractivity contribution in [1.29, 1.82) is 5.26 Å². The molecule has 1 N–H and O–H groups in total. The molecule has 0 aromatic rings. The van der Waals surface area contributed by atoms with Crippen molar-refractivity contribution < 1.29 is 19.4 Å². The number of nitriles is 1. The summed E-state index contributed by atoms with van der Waals surface area (Å²) in [5.41, 5.74) is 0. The van der Waals surface area contributed by atoms with Crippen LogP contribution in [0.5, 0.6) is 0 Å². The van der Waals surface area contributed by atoms with Gasteiger partial charge in [0.25, 0.3) is 5.97 Å². The normalized spacial score (nSPS) is 7.08. The van der Waals surface area contributed by atoms with Gasteiger partial charge in [0, 0.05) is 6.92 Å². The third-order valence-electron chi connectivity index (χ3n) is 0.529. The van der Waals surface area contributed by atoms with Crippen molar-refractivity contribution in [2.24, 2.45) is 0 Å². The van der Waals surface area contributed by atoms with Crippen LogP contribution in [0, 0.1) is 11.3 Å². The van der Waals surface area contributed by atoms with Gasteiger partial charge in [0.05, 0.1) is 12.7 Å². The van der Waals surface area contributed by atoms with E-state index in [1.165, 1.54) is 0 Å². The number of carbonyl (C=O) groups excluding carboxylic acids is 1. The van der Waals surface area contributed by atoms with E-state index in [0.717, 1.165) is 6.92 Å². The molecule has 0 saturated carbocycles. The van der Waals surface area contributed by atoms with Crippen LogP contribution in [0.25, 0.3) is 0 Å². The number of esters is 1. The van der Waals surface area contributed by atoms with Crippen LogP contribution in [-0.2, 0) is 14.3 Å². The van der Waals surface area contributed by atoms with E-state index in [0.29, 0.717) is 6.61 Å². The lowest BCUT2D eigenvalue weighted by atomic mass is 10.5. The van der Waals surface area contributed by atoms with Crippen molar-refractivity contribution in [3.63, 3.8) is 0 Å². The molecule has 0 amide bonds. The van der Waals surface area contributed by atoms with Gasteiger partial charge in [-0.05, 0) is 6.92 Å². The fourth-order valence-corrected chi connectivity index (χ4v) is 0.277. The minimum absolute atomic E-state index is 0.145. The van der Waals surface area contributed by atoms with Gasteiger partial charge in [-0.2, -0.15) is 5.26 Å². The molecule has 0 atom stereocenters. The third-order valence-corrected chi connectivity index (χ3v) is 0.529. The molecule has 0 aromatic heterocycles. The monoisotopic (exact) mass is 173 g/mol. The number of nitrogens with zero attached hydrogens (tertiary/aromatic N) is 1. The quantitative estimate of drug-likeness (QED) is 0.616. The van der Waals surface area contributed by atoms with Crippen LogP contribution in [0.4, 0.5) is 0 Å².